The van der Waals surface area contributed by atoms with Crippen LogP contribution in [0.2, 0.25) is 0 Å². The van der Waals surface area contributed by atoms with E-state index in [2.05, 4.69) is 10.2 Å². The topological polar surface area (TPSA) is 82.3 Å². The van der Waals surface area contributed by atoms with Gasteiger partial charge in [-0.15, -0.1) is 10.2 Å². The number of esters is 1. The van der Waals surface area contributed by atoms with Crippen LogP contribution < -0.4 is 0 Å². The molecule has 1 atom stereocenters. The lowest BCUT2D eigenvalue weighted by molar-refractivity contribution is 0.0277. The number of carbonyl (C=O) groups is 2. The third-order valence-electron chi connectivity index (χ3n) is 4.78. The van der Waals surface area contributed by atoms with E-state index in [0.29, 0.717) is 34.9 Å². The molecule has 154 valence electrons. The number of rotatable bonds is 7. The van der Waals surface area contributed by atoms with Gasteiger partial charge in [-0.05, 0) is 42.8 Å². The molecule has 0 aliphatic rings. The van der Waals surface area contributed by atoms with Gasteiger partial charge in [-0.1, -0.05) is 55.5 Å². The van der Waals surface area contributed by atoms with Crippen molar-refractivity contribution in [3.05, 3.63) is 96.1 Å². The van der Waals surface area contributed by atoms with Gasteiger partial charge in [-0.25, -0.2) is 4.79 Å². The van der Waals surface area contributed by atoms with Gasteiger partial charge in [0.25, 0.3) is 0 Å². The number of ketones is 1. The van der Waals surface area contributed by atoms with Crippen LogP contribution in [0.1, 0.15) is 34.1 Å². The summed E-state index contributed by atoms with van der Waals surface area (Å²) in [6.45, 7) is 1.81. The Balaban J connectivity index is 1.46. The summed E-state index contributed by atoms with van der Waals surface area (Å²) < 4.78 is 11.2. The molecule has 0 spiro atoms. The van der Waals surface area contributed by atoms with Crippen LogP contribution in [-0.2, 0) is 4.74 Å². The van der Waals surface area contributed by atoms with Crippen molar-refractivity contribution >= 4 is 11.8 Å². The minimum Gasteiger partial charge on any atom is -0.450 e. The van der Waals surface area contributed by atoms with E-state index < -0.39 is 12.1 Å². The number of aromatic nitrogens is 2. The molecule has 0 bridgehead atoms. The molecule has 6 heteroatoms. The fourth-order valence-corrected chi connectivity index (χ4v) is 3.09. The second kappa shape index (κ2) is 9.17. The van der Waals surface area contributed by atoms with Gasteiger partial charge >= 0.3 is 5.97 Å². The summed E-state index contributed by atoms with van der Waals surface area (Å²) in [6, 6.07) is 24.9. The lowest BCUT2D eigenvalue weighted by atomic mass is 10.0. The lowest BCUT2D eigenvalue weighted by Crippen LogP contribution is -2.26. The Morgan fingerprint density at radius 1 is 0.774 bits per heavy atom. The van der Waals surface area contributed by atoms with Crippen molar-refractivity contribution in [3.8, 4) is 22.9 Å². The Labute approximate surface area is 179 Å². The minimum absolute atomic E-state index is 0.215. The summed E-state index contributed by atoms with van der Waals surface area (Å²) in [6.07, 6.45) is -0.444. The lowest BCUT2D eigenvalue weighted by Gasteiger charge is -2.15. The molecule has 1 heterocycles. The summed E-state index contributed by atoms with van der Waals surface area (Å²) >= 11 is 0. The Morgan fingerprint density at radius 3 is 1.90 bits per heavy atom. The van der Waals surface area contributed by atoms with E-state index in [0.717, 1.165) is 5.56 Å². The number of ether oxygens (including phenoxy) is 1. The highest BCUT2D eigenvalue weighted by molar-refractivity contribution is 6.01. The molecule has 4 rings (SSSR count). The van der Waals surface area contributed by atoms with E-state index in [9.17, 15) is 9.59 Å². The molecule has 0 aliphatic carbocycles. The molecule has 6 nitrogen and oxygen atoms in total. The zero-order valence-electron chi connectivity index (χ0n) is 16.9. The first-order valence-corrected chi connectivity index (χ1v) is 9.95. The third kappa shape index (κ3) is 4.59. The van der Waals surface area contributed by atoms with Crippen molar-refractivity contribution in [2.45, 2.75) is 19.4 Å². The highest BCUT2D eigenvalue weighted by Gasteiger charge is 2.23. The molecule has 0 fully saturated rings. The second-order valence-electron chi connectivity index (χ2n) is 6.89. The monoisotopic (exact) mass is 412 g/mol. The molecule has 3 aromatic carbocycles. The molecular formula is C25H20N2O4. The van der Waals surface area contributed by atoms with Crippen LogP contribution in [0, 0.1) is 0 Å². The average molecular weight is 412 g/mol. The number of hydrogen-bond donors (Lipinski definition) is 0. The van der Waals surface area contributed by atoms with Crippen molar-refractivity contribution < 1.29 is 18.7 Å². The van der Waals surface area contributed by atoms with E-state index in [1.807, 2.05) is 43.3 Å². The highest BCUT2D eigenvalue weighted by atomic mass is 16.5. The molecule has 0 amide bonds. The normalized spacial score (nSPS) is 11.6. The van der Waals surface area contributed by atoms with Crippen molar-refractivity contribution in [1.82, 2.24) is 10.2 Å². The van der Waals surface area contributed by atoms with Crippen LogP contribution in [0.3, 0.4) is 0 Å². The maximum atomic E-state index is 12.6. The first kappa shape index (κ1) is 20.2. The fourth-order valence-electron chi connectivity index (χ4n) is 3.09. The van der Waals surface area contributed by atoms with E-state index in [1.165, 1.54) is 0 Å². The average Bonchev–Trinajstić information content (AvgIpc) is 3.33. The van der Waals surface area contributed by atoms with E-state index >= 15 is 0 Å². The molecule has 4 aromatic rings. The second-order valence-corrected chi connectivity index (χ2v) is 6.89. The van der Waals surface area contributed by atoms with Crippen molar-refractivity contribution in [1.29, 1.82) is 0 Å². The SMILES string of the molecule is CC[C@H](OC(=O)c1ccc(-c2nnc(-c3ccccc3)o2)cc1)C(=O)c1ccccc1. The van der Waals surface area contributed by atoms with Crippen LogP contribution in [0.5, 0.6) is 0 Å². The molecular weight excluding hydrogens is 392 g/mol. The maximum Gasteiger partial charge on any atom is 0.338 e. The fraction of sp³-hybridized carbons (Fsp3) is 0.120. The Bertz CT molecular complexity index is 1170. The molecule has 0 saturated heterocycles. The molecule has 31 heavy (non-hydrogen) atoms. The van der Waals surface area contributed by atoms with Crippen molar-refractivity contribution in [3.63, 3.8) is 0 Å². The Kier molecular flexibility index (Phi) is 5.98. The molecule has 1 aromatic heterocycles. The predicted octanol–water partition coefficient (Wildman–Crippen LogP) is 5.22. The highest BCUT2D eigenvalue weighted by Crippen LogP contribution is 2.24. The first-order valence-electron chi connectivity index (χ1n) is 9.95. The first-order chi connectivity index (χ1) is 15.2. The van der Waals surface area contributed by atoms with Gasteiger partial charge in [0.1, 0.15) is 0 Å². The number of hydrogen-bond acceptors (Lipinski definition) is 6. The van der Waals surface area contributed by atoms with Gasteiger partial charge in [0, 0.05) is 16.7 Å². The maximum absolute atomic E-state index is 12.6. The molecule has 0 saturated carbocycles. The Morgan fingerprint density at radius 2 is 1.32 bits per heavy atom. The smallest absolute Gasteiger partial charge is 0.338 e. The minimum atomic E-state index is -0.834. The third-order valence-corrected chi connectivity index (χ3v) is 4.78. The van der Waals surface area contributed by atoms with E-state index in [-0.39, 0.29) is 5.78 Å². The van der Waals surface area contributed by atoms with Gasteiger partial charge in [0.05, 0.1) is 5.56 Å². The van der Waals surface area contributed by atoms with Crippen LogP contribution in [0.4, 0.5) is 0 Å². The van der Waals surface area contributed by atoms with Gasteiger partial charge in [0.15, 0.2) is 6.10 Å². The van der Waals surface area contributed by atoms with Crippen LogP contribution in [0.15, 0.2) is 89.3 Å². The van der Waals surface area contributed by atoms with Crippen LogP contribution >= 0.6 is 0 Å². The van der Waals surface area contributed by atoms with Crippen LogP contribution in [0.25, 0.3) is 22.9 Å². The standard InChI is InChI=1S/C25H20N2O4/c1-2-21(22(28)17-9-5-3-6-10-17)30-25(29)20-15-13-19(14-16-20)24-27-26-23(31-24)18-11-7-4-8-12-18/h3-16,21H,2H2,1H3/t21-/m0/s1. The van der Waals surface area contributed by atoms with Crippen molar-refractivity contribution in [2.75, 3.05) is 0 Å². The number of carbonyl (C=O) groups excluding carboxylic acids is 2. The van der Waals surface area contributed by atoms with E-state index in [4.69, 9.17) is 9.15 Å². The van der Waals surface area contributed by atoms with Crippen molar-refractivity contribution in [2.24, 2.45) is 0 Å². The molecule has 0 N–H and O–H groups in total. The largest absolute Gasteiger partial charge is 0.450 e. The summed E-state index contributed by atoms with van der Waals surface area (Å²) in [4.78, 5) is 25.2. The van der Waals surface area contributed by atoms with Gasteiger partial charge in [0.2, 0.25) is 17.6 Å². The predicted molar refractivity (Wildman–Crippen MR) is 115 cm³/mol. The number of benzene rings is 3. The molecule has 0 aliphatic heterocycles. The zero-order chi connectivity index (χ0) is 21.6. The summed E-state index contributed by atoms with van der Waals surface area (Å²) in [5.74, 6) is -0.000634. The zero-order valence-corrected chi connectivity index (χ0v) is 16.9. The quantitative estimate of drug-likeness (QED) is 0.306. The number of nitrogens with zero attached hydrogens (tertiary/aromatic N) is 2. The number of Topliss-reactive ketones (excluding diaryl/α,β-unsaturated/α-hetero) is 1. The molecule has 0 radical (unpaired) electrons. The summed E-state index contributed by atoms with van der Waals surface area (Å²) in [5, 5.41) is 8.15. The van der Waals surface area contributed by atoms with Gasteiger partial charge < -0.3 is 9.15 Å². The summed E-state index contributed by atoms with van der Waals surface area (Å²) in [5.41, 5.74) is 2.36. The van der Waals surface area contributed by atoms with E-state index in [1.54, 1.807) is 48.5 Å². The molecule has 0 unspecified atom stereocenters. The van der Waals surface area contributed by atoms with Crippen LogP contribution in [-0.4, -0.2) is 28.1 Å². The Hall–Kier alpha value is -4.06. The summed E-state index contributed by atoms with van der Waals surface area (Å²) in [7, 11) is 0. The van der Waals surface area contributed by atoms with Gasteiger partial charge in [-0.2, -0.15) is 0 Å². The van der Waals surface area contributed by atoms with Gasteiger partial charge in [-0.3, -0.25) is 4.79 Å².